The Labute approximate surface area is 124 Å². The fourth-order valence-corrected chi connectivity index (χ4v) is 1.86. The van der Waals surface area contributed by atoms with E-state index in [4.69, 9.17) is 5.73 Å². The summed E-state index contributed by atoms with van der Waals surface area (Å²) in [4.78, 5) is 12.0. The summed E-state index contributed by atoms with van der Waals surface area (Å²) in [6.45, 7) is 0.889. The van der Waals surface area contributed by atoms with E-state index < -0.39 is 0 Å². The summed E-state index contributed by atoms with van der Waals surface area (Å²) in [7, 11) is 1.87. The van der Waals surface area contributed by atoms with Gasteiger partial charge in [0.15, 0.2) is 0 Å². The third-order valence-electron chi connectivity index (χ3n) is 2.92. The fraction of sp³-hybridized carbons (Fsp3) is 0.250. The number of nitrogens with zero attached hydrogens (tertiary/aromatic N) is 2. The predicted octanol–water partition coefficient (Wildman–Crippen LogP) is 0.703. The van der Waals surface area contributed by atoms with Crippen molar-refractivity contribution in [3.63, 3.8) is 0 Å². The Morgan fingerprint density at radius 1 is 1.33 bits per heavy atom. The van der Waals surface area contributed by atoms with Gasteiger partial charge >= 0.3 is 0 Å². The first-order chi connectivity index (χ1) is 10.2. The lowest BCUT2D eigenvalue weighted by Gasteiger charge is -2.04. The van der Waals surface area contributed by atoms with Crippen LogP contribution in [0.1, 0.15) is 21.6 Å². The lowest BCUT2D eigenvalue weighted by Crippen LogP contribution is -2.25. The summed E-state index contributed by atoms with van der Waals surface area (Å²) < 4.78 is 1.75. The third kappa shape index (κ3) is 4.48. The number of amides is 1. The second-order valence-corrected chi connectivity index (χ2v) is 4.57. The van der Waals surface area contributed by atoms with Crippen molar-refractivity contribution in [3.05, 3.63) is 53.3 Å². The molecule has 1 amide bonds. The van der Waals surface area contributed by atoms with Gasteiger partial charge in [-0.3, -0.25) is 9.48 Å². The maximum absolute atomic E-state index is 12.0. The average molecular weight is 282 g/mol. The quantitative estimate of drug-likeness (QED) is 0.811. The summed E-state index contributed by atoms with van der Waals surface area (Å²) in [6.07, 6.45) is 2.60. The van der Waals surface area contributed by atoms with Crippen LogP contribution in [0.15, 0.2) is 36.5 Å². The number of nitrogens with one attached hydrogen (secondary N) is 1. The van der Waals surface area contributed by atoms with Crippen LogP contribution in [0.4, 0.5) is 0 Å². The highest BCUT2D eigenvalue weighted by molar-refractivity contribution is 5.94. The molecular formula is C16H18N4O. The Morgan fingerprint density at radius 3 is 2.71 bits per heavy atom. The Balaban J connectivity index is 1.85. The molecule has 21 heavy (non-hydrogen) atoms. The van der Waals surface area contributed by atoms with Crippen molar-refractivity contribution in [2.75, 3.05) is 13.1 Å². The average Bonchev–Trinajstić information content (AvgIpc) is 2.91. The molecular weight excluding hydrogens is 264 g/mol. The monoisotopic (exact) mass is 282 g/mol. The molecule has 0 unspecified atom stereocenters. The van der Waals surface area contributed by atoms with Crippen LogP contribution in [-0.4, -0.2) is 28.8 Å². The van der Waals surface area contributed by atoms with Crippen LogP contribution in [-0.2, 0) is 13.5 Å². The fourth-order valence-electron chi connectivity index (χ4n) is 1.86. The van der Waals surface area contributed by atoms with Crippen molar-refractivity contribution >= 4 is 5.91 Å². The van der Waals surface area contributed by atoms with Crippen LogP contribution in [0, 0.1) is 11.8 Å². The maximum Gasteiger partial charge on any atom is 0.251 e. The Kier molecular flexibility index (Phi) is 5.13. The minimum absolute atomic E-state index is 0.0933. The molecule has 1 heterocycles. The van der Waals surface area contributed by atoms with E-state index in [1.54, 1.807) is 16.8 Å². The van der Waals surface area contributed by atoms with Crippen LogP contribution in [0.25, 0.3) is 0 Å². The molecule has 0 radical (unpaired) electrons. The summed E-state index contributed by atoms with van der Waals surface area (Å²) >= 11 is 0. The normalized spacial score (nSPS) is 9.81. The van der Waals surface area contributed by atoms with Gasteiger partial charge in [0, 0.05) is 37.3 Å². The van der Waals surface area contributed by atoms with E-state index in [0.29, 0.717) is 25.1 Å². The van der Waals surface area contributed by atoms with Crippen molar-refractivity contribution in [2.45, 2.75) is 6.42 Å². The molecule has 0 saturated heterocycles. The van der Waals surface area contributed by atoms with Gasteiger partial charge in [-0.2, -0.15) is 5.10 Å². The first kappa shape index (κ1) is 14.8. The molecule has 0 aliphatic heterocycles. The Hall–Kier alpha value is -2.58. The first-order valence-corrected chi connectivity index (χ1v) is 6.75. The van der Waals surface area contributed by atoms with Gasteiger partial charge in [0.05, 0.1) is 12.2 Å². The molecule has 0 saturated carbocycles. The zero-order valence-corrected chi connectivity index (χ0v) is 12.0. The lowest BCUT2D eigenvalue weighted by atomic mass is 10.1. The van der Waals surface area contributed by atoms with E-state index in [0.717, 1.165) is 11.3 Å². The minimum Gasteiger partial charge on any atom is -0.352 e. The molecule has 0 fully saturated rings. The van der Waals surface area contributed by atoms with E-state index >= 15 is 0 Å². The molecule has 2 rings (SSSR count). The molecule has 2 aromatic rings. The van der Waals surface area contributed by atoms with E-state index in [1.165, 1.54) is 0 Å². The van der Waals surface area contributed by atoms with Crippen molar-refractivity contribution in [2.24, 2.45) is 12.8 Å². The van der Waals surface area contributed by atoms with E-state index in [-0.39, 0.29) is 5.91 Å². The summed E-state index contributed by atoms with van der Waals surface area (Å²) in [6, 6.07) is 9.09. The zero-order chi connectivity index (χ0) is 15.1. The summed E-state index contributed by atoms with van der Waals surface area (Å²) in [5.74, 6) is 5.60. The Morgan fingerprint density at radius 2 is 2.10 bits per heavy atom. The standard InChI is InChI=1S/C16H18N4O/c1-20-12-9-15(19-20)8-11-18-16(21)14-6-4-13(5-7-14)3-2-10-17/h4-7,9,12H,8,10-11,17H2,1H3,(H,18,21). The number of aromatic nitrogens is 2. The SMILES string of the molecule is Cn1ccc(CCNC(=O)c2ccc(C#CCN)cc2)n1. The molecule has 0 spiro atoms. The summed E-state index contributed by atoms with van der Waals surface area (Å²) in [5.41, 5.74) is 7.75. The number of aryl methyl sites for hydroxylation is 1. The molecule has 3 N–H and O–H groups in total. The molecule has 1 aromatic carbocycles. The second kappa shape index (κ2) is 7.27. The van der Waals surface area contributed by atoms with Crippen LogP contribution in [0.3, 0.4) is 0 Å². The second-order valence-electron chi connectivity index (χ2n) is 4.57. The smallest absolute Gasteiger partial charge is 0.251 e. The molecule has 0 aliphatic carbocycles. The highest BCUT2D eigenvalue weighted by Gasteiger charge is 2.05. The van der Waals surface area contributed by atoms with E-state index in [2.05, 4.69) is 22.3 Å². The number of carbonyl (C=O) groups excluding carboxylic acids is 1. The van der Waals surface area contributed by atoms with Crippen LogP contribution in [0.2, 0.25) is 0 Å². The number of nitrogens with two attached hydrogens (primary N) is 1. The summed E-state index contributed by atoms with van der Waals surface area (Å²) in [5, 5.41) is 7.14. The third-order valence-corrected chi connectivity index (χ3v) is 2.92. The van der Waals surface area contributed by atoms with Crippen LogP contribution < -0.4 is 11.1 Å². The maximum atomic E-state index is 12.0. The first-order valence-electron chi connectivity index (χ1n) is 6.75. The molecule has 5 heteroatoms. The molecule has 5 nitrogen and oxygen atoms in total. The number of benzene rings is 1. The van der Waals surface area contributed by atoms with Gasteiger partial charge in [-0.15, -0.1) is 0 Å². The topological polar surface area (TPSA) is 72.9 Å². The molecule has 0 aliphatic rings. The number of hydrogen-bond donors (Lipinski definition) is 2. The zero-order valence-electron chi connectivity index (χ0n) is 12.0. The number of hydrogen-bond acceptors (Lipinski definition) is 3. The van der Waals surface area contributed by atoms with E-state index in [1.807, 2.05) is 31.4 Å². The van der Waals surface area contributed by atoms with Gasteiger partial charge in [-0.1, -0.05) is 11.8 Å². The van der Waals surface area contributed by atoms with Crippen LogP contribution >= 0.6 is 0 Å². The highest BCUT2D eigenvalue weighted by atomic mass is 16.1. The molecule has 1 aromatic heterocycles. The number of carbonyl (C=O) groups is 1. The molecule has 0 bridgehead atoms. The van der Waals surface area contributed by atoms with Gasteiger partial charge in [-0.05, 0) is 30.3 Å². The minimum atomic E-state index is -0.0933. The Bertz CT molecular complexity index is 662. The van der Waals surface area contributed by atoms with Crippen molar-refractivity contribution in [3.8, 4) is 11.8 Å². The predicted molar refractivity (Wildman–Crippen MR) is 81.6 cm³/mol. The van der Waals surface area contributed by atoms with Gasteiger partial charge in [0.25, 0.3) is 5.91 Å². The largest absolute Gasteiger partial charge is 0.352 e. The molecule has 108 valence electrons. The lowest BCUT2D eigenvalue weighted by molar-refractivity contribution is 0.0954. The van der Waals surface area contributed by atoms with Gasteiger partial charge in [0.2, 0.25) is 0 Å². The van der Waals surface area contributed by atoms with Gasteiger partial charge in [0.1, 0.15) is 0 Å². The van der Waals surface area contributed by atoms with Gasteiger partial charge in [-0.25, -0.2) is 0 Å². The molecule has 0 atom stereocenters. The van der Waals surface area contributed by atoms with Crippen molar-refractivity contribution < 1.29 is 4.79 Å². The van der Waals surface area contributed by atoms with Crippen molar-refractivity contribution in [1.29, 1.82) is 0 Å². The van der Waals surface area contributed by atoms with Gasteiger partial charge < -0.3 is 11.1 Å². The number of rotatable bonds is 4. The van der Waals surface area contributed by atoms with Crippen molar-refractivity contribution in [1.82, 2.24) is 15.1 Å². The highest BCUT2D eigenvalue weighted by Crippen LogP contribution is 2.03. The van der Waals surface area contributed by atoms with E-state index in [9.17, 15) is 4.79 Å². The van der Waals surface area contributed by atoms with Crippen LogP contribution in [0.5, 0.6) is 0 Å².